The lowest BCUT2D eigenvalue weighted by molar-refractivity contribution is 0.00578. The number of hydrogen-bond acceptors (Lipinski definition) is 5. The van der Waals surface area contributed by atoms with Crippen molar-refractivity contribution >= 4 is 36.1 Å². The average Bonchev–Trinajstić information content (AvgIpc) is 3.31. The highest BCUT2D eigenvalue weighted by Gasteiger charge is 2.52. The summed E-state index contributed by atoms with van der Waals surface area (Å²) in [5.41, 5.74) is 2.37. The van der Waals surface area contributed by atoms with Crippen molar-refractivity contribution in [3.8, 4) is 11.3 Å². The van der Waals surface area contributed by atoms with Crippen LogP contribution in [-0.2, 0) is 18.6 Å². The number of benzene rings is 2. The second-order valence-corrected chi connectivity index (χ2v) is 11.2. The zero-order valence-electron chi connectivity index (χ0n) is 20.8. The summed E-state index contributed by atoms with van der Waals surface area (Å²) in [4.78, 5) is 0. The lowest BCUT2D eigenvalue weighted by atomic mass is 9.78. The Bertz CT molecular complexity index is 1160. The first-order valence-corrected chi connectivity index (χ1v) is 11.6. The van der Waals surface area contributed by atoms with Crippen LogP contribution in [0.4, 0.5) is 0 Å². The Hall–Kier alpha value is -2.05. The van der Waals surface area contributed by atoms with Gasteiger partial charge in [-0.05, 0) is 78.4 Å². The lowest BCUT2D eigenvalue weighted by Crippen LogP contribution is -2.41. The molecule has 1 aromatic heterocycles. The SMILES string of the molecule is CC1(C)OB(c2ccc(-c3cc4cc(B5OC(C)(C)C(C)(C)O5)ccc4o3)cc2)OC1(C)C. The minimum Gasteiger partial charge on any atom is -0.456 e. The number of fused-ring (bicyclic) bond motifs is 1. The highest BCUT2D eigenvalue weighted by atomic mass is 16.7. The molecule has 0 radical (unpaired) electrons. The van der Waals surface area contributed by atoms with Crippen LogP contribution in [0.1, 0.15) is 55.4 Å². The average molecular weight is 446 g/mol. The van der Waals surface area contributed by atoms with Gasteiger partial charge < -0.3 is 23.0 Å². The van der Waals surface area contributed by atoms with Crippen molar-refractivity contribution in [1.82, 2.24) is 0 Å². The first-order chi connectivity index (χ1) is 15.3. The topological polar surface area (TPSA) is 50.1 Å². The van der Waals surface area contributed by atoms with E-state index in [1.807, 2.05) is 36.4 Å². The van der Waals surface area contributed by atoms with E-state index in [9.17, 15) is 0 Å². The van der Waals surface area contributed by atoms with E-state index < -0.39 is 7.12 Å². The Morgan fingerprint density at radius 2 is 1.00 bits per heavy atom. The fourth-order valence-electron chi connectivity index (χ4n) is 4.11. The van der Waals surface area contributed by atoms with Crippen LogP contribution in [-0.4, -0.2) is 36.6 Å². The van der Waals surface area contributed by atoms with E-state index in [1.54, 1.807) is 0 Å². The van der Waals surface area contributed by atoms with Gasteiger partial charge in [0.1, 0.15) is 11.3 Å². The third-order valence-corrected chi connectivity index (χ3v) is 7.79. The van der Waals surface area contributed by atoms with Crippen molar-refractivity contribution in [1.29, 1.82) is 0 Å². The molecule has 0 amide bonds. The molecule has 2 fully saturated rings. The molecule has 2 aliphatic rings. The maximum atomic E-state index is 6.21. The van der Waals surface area contributed by atoms with Gasteiger partial charge in [0.2, 0.25) is 0 Å². The molecule has 0 spiro atoms. The highest BCUT2D eigenvalue weighted by Crippen LogP contribution is 2.38. The minimum absolute atomic E-state index is 0.357. The second-order valence-electron chi connectivity index (χ2n) is 11.2. The molecule has 2 saturated heterocycles. The Morgan fingerprint density at radius 1 is 0.545 bits per heavy atom. The van der Waals surface area contributed by atoms with Gasteiger partial charge in [-0.2, -0.15) is 0 Å². The summed E-state index contributed by atoms with van der Waals surface area (Å²) >= 11 is 0. The number of hydrogen-bond donors (Lipinski definition) is 0. The van der Waals surface area contributed by atoms with Crippen LogP contribution in [0.15, 0.2) is 52.9 Å². The molecule has 33 heavy (non-hydrogen) atoms. The van der Waals surface area contributed by atoms with Gasteiger partial charge in [0, 0.05) is 10.9 Å². The molecule has 2 aliphatic heterocycles. The quantitative estimate of drug-likeness (QED) is 0.547. The van der Waals surface area contributed by atoms with Crippen molar-refractivity contribution in [3.63, 3.8) is 0 Å². The zero-order valence-corrected chi connectivity index (χ0v) is 20.8. The van der Waals surface area contributed by atoms with Crippen molar-refractivity contribution < 1.29 is 23.0 Å². The van der Waals surface area contributed by atoms with Gasteiger partial charge in [0.25, 0.3) is 0 Å². The van der Waals surface area contributed by atoms with Crippen LogP contribution < -0.4 is 10.9 Å². The van der Waals surface area contributed by atoms with E-state index in [-0.39, 0.29) is 29.5 Å². The molecule has 7 heteroatoms. The van der Waals surface area contributed by atoms with Crippen molar-refractivity contribution in [2.24, 2.45) is 0 Å². The molecule has 172 valence electrons. The molecule has 0 bridgehead atoms. The predicted molar refractivity (Wildman–Crippen MR) is 133 cm³/mol. The van der Waals surface area contributed by atoms with E-state index in [1.165, 1.54) is 0 Å². The molecule has 0 unspecified atom stereocenters. The molecule has 0 atom stereocenters. The van der Waals surface area contributed by atoms with Gasteiger partial charge >= 0.3 is 14.2 Å². The molecular formula is C26H32B2O5. The van der Waals surface area contributed by atoms with Gasteiger partial charge in [0.05, 0.1) is 22.4 Å². The summed E-state index contributed by atoms with van der Waals surface area (Å²) in [6.45, 7) is 16.5. The smallest absolute Gasteiger partial charge is 0.456 e. The number of furan rings is 1. The Labute approximate surface area is 197 Å². The number of rotatable bonds is 3. The predicted octanol–water partition coefficient (Wildman–Crippen LogP) is 4.70. The van der Waals surface area contributed by atoms with E-state index in [4.69, 9.17) is 23.0 Å². The fourth-order valence-corrected chi connectivity index (χ4v) is 4.11. The van der Waals surface area contributed by atoms with Gasteiger partial charge in [-0.3, -0.25) is 0 Å². The maximum absolute atomic E-state index is 6.21. The standard InChI is InChI=1S/C26H32B2O5/c1-23(2)24(3,4)31-27(30-23)19-11-9-17(10-12-19)22-16-18-15-20(13-14-21(18)29-22)28-32-25(5,6)26(7,8)33-28/h9-16H,1-8H3. The van der Waals surface area contributed by atoms with Crippen LogP contribution in [0, 0.1) is 0 Å². The fraction of sp³-hybridized carbons (Fsp3) is 0.462. The summed E-state index contributed by atoms with van der Waals surface area (Å²) in [6.07, 6.45) is 0. The third kappa shape index (κ3) is 3.75. The van der Waals surface area contributed by atoms with E-state index in [2.05, 4.69) is 67.5 Å². The van der Waals surface area contributed by atoms with Gasteiger partial charge in [-0.25, -0.2) is 0 Å². The van der Waals surface area contributed by atoms with Crippen molar-refractivity contribution in [2.45, 2.75) is 77.8 Å². The second kappa shape index (κ2) is 7.22. The van der Waals surface area contributed by atoms with Crippen molar-refractivity contribution in [3.05, 3.63) is 48.5 Å². The van der Waals surface area contributed by atoms with Gasteiger partial charge in [0.15, 0.2) is 0 Å². The first-order valence-electron chi connectivity index (χ1n) is 11.6. The molecule has 3 heterocycles. The zero-order chi connectivity index (χ0) is 23.8. The molecule has 2 aromatic carbocycles. The van der Waals surface area contributed by atoms with Crippen LogP contribution in [0.25, 0.3) is 22.3 Å². The van der Waals surface area contributed by atoms with E-state index in [0.29, 0.717) is 0 Å². The van der Waals surface area contributed by atoms with Crippen LogP contribution >= 0.6 is 0 Å². The van der Waals surface area contributed by atoms with Crippen LogP contribution in [0.2, 0.25) is 0 Å². The highest BCUT2D eigenvalue weighted by molar-refractivity contribution is 6.62. The van der Waals surface area contributed by atoms with Crippen molar-refractivity contribution in [2.75, 3.05) is 0 Å². The molecule has 0 aliphatic carbocycles. The van der Waals surface area contributed by atoms with E-state index >= 15 is 0 Å². The Kier molecular flexibility index (Phi) is 4.97. The van der Waals surface area contributed by atoms with Gasteiger partial charge in [-0.1, -0.05) is 36.4 Å². The first kappa shape index (κ1) is 22.7. The summed E-state index contributed by atoms with van der Waals surface area (Å²) in [6, 6.07) is 16.3. The molecule has 0 N–H and O–H groups in total. The summed E-state index contributed by atoms with van der Waals surface area (Å²) < 4.78 is 30.9. The Morgan fingerprint density at radius 3 is 1.52 bits per heavy atom. The molecule has 3 aromatic rings. The Balaban J connectivity index is 1.38. The van der Waals surface area contributed by atoms with Gasteiger partial charge in [-0.15, -0.1) is 0 Å². The monoisotopic (exact) mass is 446 g/mol. The van der Waals surface area contributed by atoms with E-state index in [0.717, 1.165) is 33.2 Å². The molecule has 0 saturated carbocycles. The molecular weight excluding hydrogens is 414 g/mol. The van der Waals surface area contributed by atoms with Crippen LogP contribution in [0.5, 0.6) is 0 Å². The van der Waals surface area contributed by atoms with Crippen LogP contribution in [0.3, 0.4) is 0 Å². The molecule has 5 nitrogen and oxygen atoms in total. The maximum Gasteiger partial charge on any atom is 0.494 e. The summed E-state index contributed by atoms with van der Waals surface area (Å²) in [7, 11) is -0.765. The summed E-state index contributed by atoms with van der Waals surface area (Å²) in [5.74, 6) is 0.816. The minimum atomic E-state index is -0.392. The summed E-state index contributed by atoms with van der Waals surface area (Å²) in [5, 5.41) is 1.02. The molecule has 5 rings (SSSR count). The third-order valence-electron chi connectivity index (χ3n) is 7.79. The lowest BCUT2D eigenvalue weighted by Gasteiger charge is -2.32. The normalized spacial score (nSPS) is 22.9. The largest absolute Gasteiger partial charge is 0.494 e.